The van der Waals surface area contributed by atoms with Gasteiger partial charge in [0.05, 0.1) is 0 Å². The van der Waals surface area contributed by atoms with E-state index in [4.69, 9.17) is 0 Å². The largest absolute Gasteiger partial charge is 0.204 e. The summed E-state index contributed by atoms with van der Waals surface area (Å²) >= 11 is 0. The van der Waals surface area contributed by atoms with Crippen LogP contribution in [-0.4, -0.2) is 0 Å². The van der Waals surface area contributed by atoms with Gasteiger partial charge in [0.1, 0.15) is 0 Å². The molecule has 0 aliphatic rings. The average Bonchev–Trinajstić information content (AvgIpc) is 2.45. The van der Waals surface area contributed by atoms with Crippen molar-refractivity contribution >= 4 is 0 Å². The molecule has 0 saturated heterocycles. The Balaban J connectivity index is 1.98. The smallest absolute Gasteiger partial charge is 0.162 e. The van der Waals surface area contributed by atoms with Crippen LogP contribution in [0.1, 0.15) is 76.7 Å². The third kappa shape index (κ3) is 7.02. The van der Waals surface area contributed by atoms with Gasteiger partial charge >= 0.3 is 0 Å². The van der Waals surface area contributed by atoms with Crippen LogP contribution >= 0.6 is 0 Å². The molecule has 0 bridgehead atoms. The monoisotopic (exact) mass is 282 g/mol. The Morgan fingerprint density at radius 2 is 1.30 bits per heavy atom. The van der Waals surface area contributed by atoms with Crippen LogP contribution < -0.4 is 0 Å². The molecule has 1 rings (SSSR count). The molecule has 0 fully saturated rings. The second-order valence-electron chi connectivity index (χ2n) is 5.64. The van der Waals surface area contributed by atoms with Gasteiger partial charge in [-0.05, 0) is 24.5 Å². The number of halogens is 2. The molecule has 0 saturated carbocycles. The first-order valence-electron chi connectivity index (χ1n) is 8.18. The molecule has 0 nitrogen and oxygen atoms in total. The van der Waals surface area contributed by atoms with Crippen molar-refractivity contribution in [2.75, 3.05) is 0 Å². The highest BCUT2D eigenvalue weighted by molar-refractivity contribution is 5.18. The van der Waals surface area contributed by atoms with E-state index in [-0.39, 0.29) is 0 Å². The fourth-order valence-corrected chi connectivity index (χ4v) is 2.54. The number of aryl methyl sites for hydroxylation is 1. The van der Waals surface area contributed by atoms with Crippen LogP contribution in [0.3, 0.4) is 0 Å². The summed E-state index contributed by atoms with van der Waals surface area (Å²) < 4.78 is 26.4. The molecule has 0 N–H and O–H groups in total. The van der Waals surface area contributed by atoms with Crippen LogP contribution in [0.15, 0.2) is 18.2 Å². The minimum absolute atomic E-state index is 0.518. The van der Waals surface area contributed by atoms with Gasteiger partial charge in [-0.15, -0.1) is 0 Å². The highest BCUT2D eigenvalue weighted by Crippen LogP contribution is 2.16. The third-order valence-corrected chi connectivity index (χ3v) is 3.83. The number of rotatable bonds is 11. The van der Waals surface area contributed by atoms with Crippen LogP contribution in [0.4, 0.5) is 8.78 Å². The zero-order chi connectivity index (χ0) is 14.6. The minimum atomic E-state index is -0.727. The predicted octanol–water partition coefficient (Wildman–Crippen LogP) is 6.43. The van der Waals surface area contributed by atoms with E-state index in [1.54, 1.807) is 12.1 Å². The van der Waals surface area contributed by atoms with Gasteiger partial charge in [-0.25, -0.2) is 8.78 Å². The molecule has 0 aliphatic carbocycles. The van der Waals surface area contributed by atoms with Gasteiger partial charge in [0, 0.05) is 0 Å². The van der Waals surface area contributed by atoms with Crippen molar-refractivity contribution in [3.05, 3.63) is 35.4 Å². The van der Waals surface area contributed by atoms with Crippen molar-refractivity contribution in [1.29, 1.82) is 0 Å². The van der Waals surface area contributed by atoms with Crippen LogP contribution in [0.2, 0.25) is 0 Å². The van der Waals surface area contributed by atoms with Crippen molar-refractivity contribution in [2.45, 2.75) is 77.6 Å². The lowest BCUT2D eigenvalue weighted by atomic mass is 10.0. The zero-order valence-electron chi connectivity index (χ0n) is 12.8. The van der Waals surface area contributed by atoms with Crippen molar-refractivity contribution in [1.82, 2.24) is 0 Å². The predicted molar refractivity (Wildman–Crippen MR) is 81.9 cm³/mol. The number of benzene rings is 1. The molecule has 0 unspecified atom stereocenters. The van der Waals surface area contributed by atoms with Gasteiger partial charge in [0.15, 0.2) is 11.6 Å². The van der Waals surface area contributed by atoms with E-state index in [0.717, 1.165) is 12.8 Å². The maximum absolute atomic E-state index is 13.4. The van der Waals surface area contributed by atoms with Crippen molar-refractivity contribution in [2.24, 2.45) is 0 Å². The van der Waals surface area contributed by atoms with Gasteiger partial charge in [0.25, 0.3) is 0 Å². The van der Waals surface area contributed by atoms with E-state index in [0.29, 0.717) is 12.0 Å². The van der Waals surface area contributed by atoms with E-state index >= 15 is 0 Å². The van der Waals surface area contributed by atoms with Crippen LogP contribution in [0, 0.1) is 11.6 Å². The van der Waals surface area contributed by atoms with E-state index in [1.165, 1.54) is 57.4 Å². The van der Waals surface area contributed by atoms with Gasteiger partial charge in [0.2, 0.25) is 0 Å². The second-order valence-corrected chi connectivity index (χ2v) is 5.64. The van der Waals surface area contributed by atoms with Crippen molar-refractivity contribution in [3.63, 3.8) is 0 Å². The first kappa shape index (κ1) is 17.1. The Hall–Kier alpha value is -0.920. The third-order valence-electron chi connectivity index (χ3n) is 3.83. The zero-order valence-corrected chi connectivity index (χ0v) is 12.8. The molecule has 1 aromatic carbocycles. The number of unbranched alkanes of at least 4 members (excludes halogenated alkanes) is 9. The van der Waals surface area contributed by atoms with E-state index < -0.39 is 11.6 Å². The summed E-state index contributed by atoms with van der Waals surface area (Å²) in [5, 5.41) is 0. The Labute approximate surface area is 122 Å². The van der Waals surface area contributed by atoms with Crippen molar-refractivity contribution < 1.29 is 8.78 Å². The Morgan fingerprint density at radius 1 is 0.750 bits per heavy atom. The van der Waals surface area contributed by atoms with Gasteiger partial charge in [-0.1, -0.05) is 76.8 Å². The lowest BCUT2D eigenvalue weighted by Crippen LogP contribution is -1.94. The first-order chi connectivity index (χ1) is 9.75. The SMILES string of the molecule is CCCCCCCCCCCCc1cccc(F)c1F. The molecule has 0 aromatic heterocycles. The summed E-state index contributed by atoms with van der Waals surface area (Å²) in [7, 11) is 0. The molecule has 0 amide bonds. The fourth-order valence-electron chi connectivity index (χ4n) is 2.54. The fraction of sp³-hybridized carbons (Fsp3) is 0.667. The highest BCUT2D eigenvalue weighted by Gasteiger charge is 2.06. The summed E-state index contributed by atoms with van der Waals surface area (Å²) in [6, 6.07) is 4.45. The molecule has 0 spiro atoms. The van der Waals surface area contributed by atoms with Gasteiger partial charge in [-0.3, -0.25) is 0 Å². The maximum Gasteiger partial charge on any atom is 0.162 e. The Morgan fingerprint density at radius 3 is 1.90 bits per heavy atom. The molecule has 0 atom stereocenters. The van der Waals surface area contributed by atoms with E-state index in [9.17, 15) is 8.78 Å². The summed E-state index contributed by atoms with van der Waals surface area (Å²) in [5.74, 6) is -1.39. The Kier molecular flexibility index (Phi) is 9.27. The minimum Gasteiger partial charge on any atom is -0.204 e. The molecular formula is C18H28F2. The van der Waals surface area contributed by atoms with Gasteiger partial charge < -0.3 is 0 Å². The molecular weight excluding hydrogens is 254 g/mol. The normalized spacial score (nSPS) is 10.9. The molecule has 0 aliphatic heterocycles. The lowest BCUT2D eigenvalue weighted by Gasteiger charge is -2.04. The first-order valence-corrected chi connectivity index (χ1v) is 8.18. The summed E-state index contributed by atoms with van der Waals surface area (Å²) in [4.78, 5) is 0. The maximum atomic E-state index is 13.4. The molecule has 1 aromatic rings. The molecule has 114 valence electrons. The van der Waals surface area contributed by atoms with Crippen molar-refractivity contribution in [3.8, 4) is 0 Å². The Bertz CT molecular complexity index is 360. The number of hydrogen-bond donors (Lipinski definition) is 0. The quantitative estimate of drug-likeness (QED) is 0.410. The standard InChI is InChI=1S/C18H28F2/c1-2-3-4-5-6-7-8-9-10-11-13-16-14-12-15-17(19)18(16)20/h12,14-15H,2-11,13H2,1H3. The summed E-state index contributed by atoms with van der Waals surface area (Å²) in [6.07, 6.45) is 13.3. The molecule has 20 heavy (non-hydrogen) atoms. The summed E-state index contributed by atoms with van der Waals surface area (Å²) in [6.45, 7) is 2.24. The average molecular weight is 282 g/mol. The lowest BCUT2D eigenvalue weighted by molar-refractivity contribution is 0.494. The van der Waals surface area contributed by atoms with Crippen LogP contribution in [0.25, 0.3) is 0 Å². The van der Waals surface area contributed by atoms with Gasteiger partial charge in [-0.2, -0.15) is 0 Å². The molecule has 0 radical (unpaired) electrons. The van der Waals surface area contributed by atoms with Crippen LogP contribution in [-0.2, 0) is 6.42 Å². The number of hydrogen-bond acceptors (Lipinski definition) is 0. The van der Waals surface area contributed by atoms with E-state index in [1.807, 2.05) is 0 Å². The summed E-state index contributed by atoms with van der Waals surface area (Å²) in [5.41, 5.74) is 0.518. The van der Waals surface area contributed by atoms with Crippen LogP contribution in [0.5, 0.6) is 0 Å². The topological polar surface area (TPSA) is 0 Å². The van der Waals surface area contributed by atoms with E-state index in [2.05, 4.69) is 6.92 Å². The highest BCUT2D eigenvalue weighted by atomic mass is 19.2. The second kappa shape index (κ2) is 10.8. The molecule has 2 heteroatoms. The molecule has 0 heterocycles.